The van der Waals surface area contributed by atoms with Gasteiger partial charge in [0.05, 0.1) is 0 Å². The fraction of sp³-hybridized carbons (Fsp3) is 0.429. The summed E-state index contributed by atoms with van der Waals surface area (Å²) in [4.78, 5) is 0. The molecule has 0 aliphatic rings. The van der Waals surface area contributed by atoms with Crippen molar-refractivity contribution in [2.45, 2.75) is 13.0 Å². The van der Waals surface area contributed by atoms with Gasteiger partial charge in [0.1, 0.15) is 0 Å². The first-order valence-electron chi connectivity index (χ1n) is 2.92. The average molecular weight is 143 g/mol. The molecule has 0 aliphatic carbocycles. The van der Waals surface area contributed by atoms with Crippen molar-refractivity contribution in [2.24, 2.45) is 0 Å². The van der Waals surface area contributed by atoms with E-state index in [2.05, 4.69) is 24.8 Å². The Morgan fingerprint density at radius 1 is 1.67 bits per heavy atom. The molecule has 1 N–H and O–H groups in total. The summed E-state index contributed by atoms with van der Waals surface area (Å²) in [7, 11) is 0. The Morgan fingerprint density at radius 3 is 2.78 bits per heavy atom. The molecule has 2 heteroatoms. The summed E-state index contributed by atoms with van der Waals surface area (Å²) in [5, 5.41) is 0. The van der Waals surface area contributed by atoms with Gasteiger partial charge in [0.15, 0.2) is 0 Å². The van der Waals surface area contributed by atoms with Crippen molar-refractivity contribution in [1.82, 2.24) is 4.72 Å². The molecule has 0 radical (unpaired) electrons. The fourth-order valence-corrected chi connectivity index (χ4v) is 0.860. The standard InChI is InChI=1S/C7H13NS/c1-4-6-9-8-7(3)5-2/h4-5,7-8H,1-2,6H2,3H3. The van der Waals surface area contributed by atoms with Crippen molar-refractivity contribution in [3.05, 3.63) is 25.3 Å². The lowest BCUT2D eigenvalue weighted by atomic mass is 10.4. The van der Waals surface area contributed by atoms with E-state index in [0.29, 0.717) is 6.04 Å². The minimum atomic E-state index is 0.384. The van der Waals surface area contributed by atoms with Gasteiger partial charge in [-0.2, -0.15) is 0 Å². The topological polar surface area (TPSA) is 12.0 Å². The molecule has 0 spiro atoms. The van der Waals surface area contributed by atoms with Crippen molar-refractivity contribution in [2.75, 3.05) is 5.75 Å². The van der Waals surface area contributed by atoms with E-state index >= 15 is 0 Å². The number of nitrogens with one attached hydrogen (secondary N) is 1. The monoisotopic (exact) mass is 143 g/mol. The number of rotatable bonds is 5. The van der Waals surface area contributed by atoms with Crippen molar-refractivity contribution in [3.63, 3.8) is 0 Å². The highest BCUT2D eigenvalue weighted by atomic mass is 32.2. The second-order valence-electron chi connectivity index (χ2n) is 1.74. The first-order valence-corrected chi connectivity index (χ1v) is 3.90. The summed E-state index contributed by atoms with van der Waals surface area (Å²) in [5.74, 6) is 0.943. The van der Waals surface area contributed by atoms with Gasteiger partial charge in [-0.05, 0) is 6.92 Å². The van der Waals surface area contributed by atoms with Crippen LogP contribution in [0.1, 0.15) is 6.92 Å². The Hall–Kier alpha value is -0.210. The van der Waals surface area contributed by atoms with E-state index in [9.17, 15) is 0 Å². The molecule has 0 saturated carbocycles. The fourth-order valence-electron chi connectivity index (χ4n) is 0.287. The van der Waals surface area contributed by atoms with Crippen molar-refractivity contribution >= 4 is 11.9 Å². The van der Waals surface area contributed by atoms with E-state index < -0.39 is 0 Å². The maximum absolute atomic E-state index is 3.64. The molecular weight excluding hydrogens is 130 g/mol. The molecular formula is C7H13NS. The molecule has 0 bridgehead atoms. The Kier molecular flexibility index (Phi) is 5.78. The lowest BCUT2D eigenvalue weighted by Gasteiger charge is -2.04. The van der Waals surface area contributed by atoms with Gasteiger partial charge in [-0.15, -0.1) is 13.2 Å². The van der Waals surface area contributed by atoms with Crippen LogP contribution in [0.2, 0.25) is 0 Å². The van der Waals surface area contributed by atoms with E-state index in [4.69, 9.17) is 0 Å². The third-order valence-electron chi connectivity index (χ3n) is 0.824. The van der Waals surface area contributed by atoms with E-state index in [1.165, 1.54) is 0 Å². The first-order chi connectivity index (χ1) is 4.31. The van der Waals surface area contributed by atoms with Crippen LogP contribution in [0.5, 0.6) is 0 Å². The van der Waals surface area contributed by atoms with Gasteiger partial charge in [-0.25, -0.2) is 0 Å². The van der Waals surface area contributed by atoms with E-state index in [-0.39, 0.29) is 0 Å². The molecule has 1 atom stereocenters. The van der Waals surface area contributed by atoms with E-state index in [1.807, 2.05) is 12.2 Å². The SMILES string of the molecule is C=CCSNC(C)C=C. The lowest BCUT2D eigenvalue weighted by Crippen LogP contribution is -2.15. The van der Waals surface area contributed by atoms with Crippen molar-refractivity contribution in [3.8, 4) is 0 Å². The van der Waals surface area contributed by atoms with Crippen LogP contribution in [0.15, 0.2) is 25.3 Å². The smallest absolute Gasteiger partial charge is 0.0320 e. The predicted octanol–water partition coefficient (Wildman–Crippen LogP) is 1.98. The van der Waals surface area contributed by atoms with Crippen LogP contribution < -0.4 is 4.72 Å². The van der Waals surface area contributed by atoms with E-state index in [1.54, 1.807) is 11.9 Å². The third-order valence-corrected chi connectivity index (χ3v) is 1.76. The zero-order valence-corrected chi connectivity index (χ0v) is 6.58. The average Bonchev–Trinajstić information content (AvgIpc) is 1.89. The molecule has 0 fully saturated rings. The lowest BCUT2D eigenvalue weighted by molar-refractivity contribution is 0.855. The van der Waals surface area contributed by atoms with Crippen LogP contribution in [0.4, 0.5) is 0 Å². The molecule has 0 aromatic carbocycles. The molecule has 0 rings (SSSR count). The highest BCUT2D eigenvalue weighted by molar-refractivity contribution is 7.97. The molecule has 0 saturated heterocycles. The van der Waals surface area contributed by atoms with Crippen molar-refractivity contribution in [1.29, 1.82) is 0 Å². The maximum atomic E-state index is 3.64. The molecule has 0 aliphatic heterocycles. The van der Waals surface area contributed by atoms with Crippen LogP contribution in [-0.4, -0.2) is 11.8 Å². The van der Waals surface area contributed by atoms with Gasteiger partial charge in [0.25, 0.3) is 0 Å². The quantitative estimate of drug-likeness (QED) is 0.359. The highest BCUT2D eigenvalue weighted by Crippen LogP contribution is 1.95. The highest BCUT2D eigenvalue weighted by Gasteiger charge is 1.90. The van der Waals surface area contributed by atoms with Crippen LogP contribution in [0.3, 0.4) is 0 Å². The normalized spacial score (nSPS) is 12.6. The van der Waals surface area contributed by atoms with Crippen LogP contribution in [0, 0.1) is 0 Å². The Bertz CT molecular complexity index is 90.9. The van der Waals surface area contributed by atoms with Crippen LogP contribution in [0.25, 0.3) is 0 Å². The van der Waals surface area contributed by atoms with Crippen LogP contribution >= 0.6 is 11.9 Å². The zero-order valence-electron chi connectivity index (χ0n) is 5.76. The second kappa shape index (κ2) is 5.92. The first kappa shape index (κ1) is 8.79. The largest absolute Gasteiger partial charge is 0.257 e. The number of hydrogen-bond donors (Lipinski definition) is 1. The summed E-state index contributed by atoms with van der Waals surface area (Å²) in [6.07, 6.45) is 3.74. The van der Waals surface area contributed by atoms with Gasteiger partial charge in [-0.1, -0.05) is 24.1 Å². The van der Waals surface area contributed by atoms with Crippen LogP contribution in [-0.2, 0) is 0 Å². The summed E-state index contributed by atoms with van der Waals surface area (Å²) in [6.45, 7) is 9.29. The Morgan fingerprint density at radius 2 is 2.33 bits per heavy atom. The van der Waals surface area contributed by atoms with Gasteiger partial charge in [-0.3, -0.25) is 4.72 Å². The molecule has 0 amide bonds. The molecule has 0 heterocycles. The third kappa shape index (κ3) is 5.66. The molecule has 1 nitrogen and oxygen atoms in total. The summed E-state index contributed by atoms with van der Waals surface area (Å²) >= 11 is 1.65. The second-order valence-corrected chi connectivity index (χ2v) is 2.60. The van der Waals surface area contributed by atoms with Crippen molar-refractivity contribution < 1.29 is 0 Å². The molecule has 0 aromatic heterocycles. The van der Waals surface area contributed by atoms with Gasteiger partial charge < -0.3 is 0 Å². The van der Waals surface area contributed by atoms with Gasteiger partial charge in [0.2, 0.25) is 0 Å². The van der Waals surface area contributed by atoms with Gasteiger partial charge >= 0.3 is 0 Å². The van der Waals surface area contributed by atoms with E-state index in [0.717, 1.165) is 5.75 Å². The molecule has 9 heavy (non-hydrogen) atoms. The Balaban J connectivity index is 3.05. The Labute approximate surface area is 61.4 Å². The summed E-state index contributed by atoms with van der Waals surface area (Å²) in [5.41, 5.74) is 0. The summed E-state index contributed by atoms with van der Waals surface area (Å²) in [6, 6.07) is 0.384. The predicted molar refractivity (Wildman–Crippen MR) is 45.4 cm³/mol. The molecule has 52 valence electrons. The van der Waals surface area contributed by atoms with Gasteiger partial charge in [0, 0.05) is 11.8 Å². The minimum Gasteiger partial charge on any atom is -0.257 e. The maximum Gasteiger partial charge on any atom is 0.0320 e. The minimum absolute atomic E-state index is 0.384. The number of hydrogen-bond acceptors (Lipinski definition) is 2. The summed E-state index contributed by atoms with van der Waals surface area (Å²) < 4.78 is 3.16. The molecule has 0 aromatic rings. The molecule has 1 unspecified atom stereocenters. The zero-order chi connectivity index (χ0) is 7.11.